The number of halogens is 1. The van der Waals surface area contributed by atoms with Gasteiger partial charge in [-0.1, -0.05) is 42.9 Å². The molecule has 3 unspecified atom stereocenters. The molecule has 1 heteroatoms. The summed E-state index contributed by atoms with van der Waals surface area (Å²) in [6.45, 7) is 4.62. The largest absolute Gasteiger partial charge is 0.0820 e. The van der Waals surface area contributed by atoms with Crippen molar-refractivity contribution < 1.29 is 0 Å². The predicted molar refractivity (Wildman–Crippen MR) is 40.8 cm³/mol. The minimum Gasteiger partial charge on any atom is -0.0820 e. The fourth-order valence-electron chi connectivity index (χ4n) is 1.09. The van der Waals surface area contributed by atoms with Crippen LogP contribution in [-0.4, -0.2) is 3.92 Å². The summed E-state index contributed by atoms with van der Waals surface area (Å²) in [4.78, 5) is 0. The molecular weight excluding hydrogens is 199 g/mol. The SMILES string of the molecule is CCC1C(C)C1I. The molecule has 0 bridgehead atoms. The highest BCUT2D eigenvalue weighted by molar-refractivity contribution is 14.1. The molecule has 0 spiro atoms. The van der Waals surface area contributed by atoms with Gasteiger partial charge in [0.15, 0.2) is 0 Å². The zero-order valence-electron chi connectivity index (χ0n) is 4.82. The monoisotopic (exact) mass is 210 g/mol. The number of hydrogen-bond acceptors (Lipinski definition) is 0. The van der Waals surface area contributed by atoms with Gasteiger partial charge in [0.05, 0.1) is 0 Å². The van der Waals surface area contributed by atoms with Crippen molar-refractivity contribution in [1.82, 2.24) is 0 Å². The van der Waals surface area contributed by atoms with Crippen molar-refractivity contribution in [3.05, 3.63) is 0 Å². The second-order valence-electron chi connectivity index (χ2n) is 2.38. The first-order valence-corrected chi connectivity index (χ1v) is 4.16. The highest BCUT2D eigenvalue weighted by Gasteiger charge is 2.42. The van der Waals surface area contributed by atoms with Crippen LogP contribution in [-0.2, 0) is 0 Å². The molecule has 3 atom stereocenters. The Balaban J connectivity index is 2.24. The summed E-state index contributed by atoms with van der Waals surface area (Å²) in [5.74, 6) is 2.08. The van der Waals surface area contributed by atoms with Gasteiger partial charge >= 0.3 is 0 Å². The summed E-state index contributed by atoms with van der Waals surface area (Å²) >= 11 is 2.54. The first-order valence-electron chi connectivity index (χ1n) is 2.91. The normalized spacial score (nSPS) is 49.3. The topological polar surface area (TPSA) is 0 Å². The first-order chi connectivity index (χ1) is 3.27. The average molecular weight is 210 g/mol. The molecule has 0 nitrogen and oxygen atoms in total. The van der Waals surface area contributed by atoms with Gasteiger partial charge in [-0.3, -0.25) is 0 Å². The van der Waals surface area contributed by atoms with Gasteiger partial charge in [0.1, 0.15) is 0 Å². The lowest BCUT2D eigenvalue weighted by molar-refractivity contribution is 0.725. The van der Waals surface area contributed by atoms with Crippen molar-refractivity contribution in [3.8, 4) is 0 Å². The van der Waals surface area contributed by atoms with E-state index < -0.39 is 0 Å². The molecule has 0 aromatic carbocycles. The standard InChI is InChI=1S/C6H11I/c1-3-5-4(2)6(5)7/h4-6H,3H2,1-2H3. The Labute approximate surface area is 58.8 Å². The Morgan fingerprint density at radius 3 is 2.00 bits per heavy atom. The molecule has 7 heavy (non-hydrogen) atoms. The smallest absolute Gasteiger partial charge is 0.0169 e. The van der Waals surface area contributed by atoms with Gasteiger partial charge in [-0.05, 0) is 11.8 Å². The lowest BCUT2D eigenvalue weighted by Crippen LogP contribution is -1.70. The minimum atomic E-state index is 1.00. The van der Waals surface area contributed by atoms with E-state index in [1.54, 1.807) is 0 Å². The van der Waals surface area contributed by atoms with E-state index in [2.05, 4.69) is 36.4 Å². The molecule has 0 aromatic heterocycles. The summed E-state index contributed by atoms with van der Waals surface area (Å²) in [6.07, 6.45) is 1.38. The molecule has 0 N–H and O–H groups in total. The van der Waals surface area contributed by atoms with Crippen LogP contribution in [0.1, 0.15) is 20.3 Å². The Morgan fingerprint density at radius 1 is 1.57 bits per heavy atom. The number of alkyl halides is 1. The van der Waals surface area contributed by atoms with Crippen LogP contribution in [0.2, 0.25) is 0 Å². The Morgan fingerprint density at radius 2 is 2.00 bits per heavy atom. The van der Waals surface area contributed by atoms with E-state index in [0.29, 0.717) is 0 Å². The summed E-state index contributed by atoms with van der Waals surface area (Å²) in [5, 5.41) is 0. The summed E-state index contributed by atoms with van der Waals surface area (Å²) in [7, 11) is 0. The zero-order valence-corrected chi connectivity index (χ0v) is 6.97. The van der Waals surface area contributed by atoms with E-state index in [0.717, 1.165) is 15.8 Å². The molecule has 1 saturated carbocycles. The zero-order chi connectivity index (χ0) is 5.44. The molecule has 1 aliphatic rings. The summed E-state index contributed by atoms with van der Waals surface area (Å²) in [6, 6.07) is 0. The fourth-order valence-corrected chi connectivity index (χ4v) is 2.55. The second-order valence-corrected chi connectivity index (χ2v) is 3.81. The van der Waals surface area contributed by atoms with Crippen LogP contribution in [0.3, 0.4) is 0 Å². The van der Waals surface area contributed by atoms with Crippen molar-refractivity contribution in [2.75, 3.05) is 0 Å². The highest BCUT2D eigenvalue weighted by atomic mass is 127. The van der Waals surface area contributed by atoms with Gasteiger partial charge in [-0.15, -0.1) is 0 Å². The van der Waals surface area contributed by atoms with E-state index in [1.807, 2.05) is 0 Å². The molecule has 0 saturated heterocycles. The summed E-state index contributed by atoms with van der Waals surface area (Å²) in [5.41, 5.74) is 0. The van der Waals surface area contributed by atoms with Crippen molar-refractivity contribution in [2.24, 2.45) is 11.8 Å². The van der Waals surface area contributed by atoms with Crippen LogP contribution >= 0.6 is 22.6 Å². The summed E-state index contributed by atoms with van der Waals surface area (Å²) < 4.78 is 1.00. The van der Waals surface area contributed by atoms with Gasteiger partial charge in [0.2, 0.25) is 0 Å². The van der Waals surface area contributed by atoms with Crippen LogP contribution in [0.25, 0.3) is 0 Å². The third-order valence-corrected chi connectivity index (χ3v) is 3.98. The van der Waals surface area contributed by atoms with Gasteiger partial charge in [0, 0.05) is 3.92 Å². The third-order valence-electron chi connectivity index (χ3n) is 1.92. The van der Waals surface area contributed by atoms with Crippen molar-refractivity contribution in [3.63, 3.8) is 0 Å². The quantitative estimate of drug-likeness (QED) is 0.460. The Kier molecular flexibility index (Phi) is 1.61. The Bertz CT molecular complexity index is 62.6. The molecule has 0 heterocycles. The molecule has 42 valence electrons. The molecule has 0 radical (unpaired) electrons. The van der Waals surface area contributed by atoms with Crippen molar-refractivity contribution in [2.45, 2.75) is 24.2 Å². The lowest BCUT2D eigenvalue weighted by Gasteiger charge is -1.79. The van der Waals surface area contributed by atoms with E-state index in [9.17, 15) is 0 Å². The van der Waals surface area contributed by atoms with Gasteiger partial charge < -0.3 is 0 Å². The maximum Gasteiger partial charge on any atom is 0.0169 e. The lowest BCUT2D eigenvalue weighted by atomic mass is 10.3. The maximum atomic E-state index is 2.54. The van der Waals surface area contributed by atoms with Gasteiger partial charge in [-0.2, -0.15) is 0 Å². The van der Waals surface area contributed by atoms with Crippen LogP contribution in [0.15, 0.2) is 0 Å². The van der Waals surface area contributed by atoms with Crippen LogP contribution in [0.5, 0.6) is 0 Å². The molecule has 1 fully saturated rings. The maximum absolute atomic E-state index is 2.54. The van der Waals surface area contributed by atoms with E-state index in [-0.39, 0.29) is 0 Å². The molecule has 0 aliphatic heterocycles. The fraction of sp³-hybridized carbons (Fsp3) is 1.00. The minimum absolute atomic E-state index is 1.00. The molecule has 1 rings (SSSR count). The molecule has 0 aromatic rings. The third kappa shape index (κ3) is 0.929. The van der Waals surface area contributed by atoms with E-state index in [4.69, 9.17) is 0 Å². The van der Waals surface area contributed by atoms with Crippen molar-refractivity contribution >= 4 is 22.6 Å². The molecular formula is C6H11I. The van der Waals surface area contributed by atoms with Crippen LogP contribution in [0, 0.1) is 11.8 Å². The molecule has 1 aliphatic carbocycles. The second kappa shape index (κ2) is 1.92. The molecule has 0 amide bonds. The number of rotatable bonds is 1. The van der Waals surface area contributed by atoms with Gasteiger partial charge in [0.25, 0.3) is 0 Å². The Hall–Kier alpha value is 0.730. The van der Waals surface area contributed by atoms with E-state index in [1.165, 1.54) is 6.42 Å². The van der Waals surface area contributed by atoms with E-state index >= 15 is 0 Å². The first kappa shape index (κ1) is 5.86. The highest BCUT2D eigenvalue weighted by Crippen LogP contribution is 2.47. The van der Waals surface area contributed by atoms with Crippen LogP contribution < -0.4 is 0 Å². The van der Waals surface area contributed by atoms with Crippen molar-refractivity contribution in [1.29, 1.82) is 0 Å². The predicted octanol–water partition coefficient (Wildman–Crippen LogP) is 2.47. The van der Waals surface area contributed by atoms with Gasteiger partial charge in [-0.25, -0.2) is 0 Å². The average Bonchev–Trinajstić information content (AvgIpc) is 2.17. The van der Waals surface area contributed by atoms with Crippen LogP contribution in [0.4, 0.5) is 0 Å². The number of hydrogen-bond donors (Lipinski definition) is 0.